The Kier molecular flexibility index (Phi) is 6.60. The highest BCUT2D eigenvalue weighted by Crippen LogP contribution is 2.22. The van der Waals surface area contributed by atoms with Crippen molar-refractivity contribution in [2.24, 2.45) is 5.92 Å². The third-order valence-corrected chi connectivity index (χ3v) is 3.32. The molecule has 1 aromatic carbocycles. The zero-order chi connectivity index (χ0) is 12.7. The minimum atomic E-state index is 0.687. The van der Waals surface area contributed by atoms with Gasteiger partial charge in [0.05, 0.1) is 6.61 Å². The summed E-state index contributed by atoms with van der Waals surface area (Å²) in [5, 5.41) is 3.32. The first-order chi connectivity index (χ1) is 8.13. The number of rotatable bonds is 7. The first-order valence-corrected chi connectivity index (χ1v) is 7.04. The van der Waals surface area contributed by atoms with Crippen molar-refractivity contribution < 1.29 is 4.74 Å². The summed E-state index contributed by atoms with van der Waals surface area (Å²) in [5.74, 6) is 1.65. The highest BCUT2D eigenvalue weighted by atomic mass is 79.9. The minimum absolute atomic E-state index is 0.687. The van der Waals surface area contributed by atoms with Crippen LogP contribution < -0.4 is 10.1 Å². The van der Waals surface area contributed by atoms with E-state index >= 15 is 0 Å². The van der Waals surface area contributed by atoms with E-state index < -0.39 is 0 Å². The van der Waals surface area contributed by atoms with Gasteiger partial charge in [-0.15, -0.1) is 0 Å². The summed E-state index contributed by atoms with van der Waals surface area (Å²) < 4.78 is 6.88. The standard InChI is InChI=1S/C14H22BrNO/c1-4-16-10-12-9-13(5-6-14(12)15)17-8-7-11(2)3/h5-6,9,11,16H,4,7-8,10H2,1-3H3. The predicted octanol–water partition coefficient (Wildman–Crippen LogP) is 3.98. The van der Waals surface area contributed by atoms with Gasteiger partial charge in [0, 0.05) is 11.0 Å². The van der Waals surface area contributed by atoms with Crippen molar-refractivity contribution in [3.63, 3.8) is 0 Å². The number of halogens is 1. The predicted molar refractivity (Wildman–Crippen MR) is 76.5 cm³/mol. The van der Waals surface area contributed by atoms with Gasteiger partial charge in [0.15, 0.2) is 0 Å². The van der Waals surface area contributed by atoms with Crippen LogP contribution in [0.5, 0.6) is 5.75 Å². The summed E-state index contributed by atoms with van der Waals surface area (Å²) in [4.78, 5) is 0. The van der Waals surface area contributed by atoms with Crippen molar-refractivity contribution in [2.45, 2.75) is 33.7 Å². The molecule has 17 heavy (non-hydrogen) atoms. The Morgan fingerprint density at radius 3 is 2.76 bits per heavy atom. The second-order valence-electron chi connectivity index (χ2n) is 4.56. The van der Waals surface area contributed by atoms with Crippen molar-refractivity contribution in [3.05, 3.63) is 28.2 Å². The Hall–Kier alpha value is -0.540. The average molecular weight is 300 g/mol. The van der Waals surface area contributed by atoms with Crippen LogP contribution in [0.25, 0.3) is 0 Å². The normalized spacial score (nSPS) is 10.9. The van der Waals surface area contributed by atoms with Crippen LogP contribution in [0.1, 0.15) is 32.8 Å². The van der Waals surface area contributed by atoms with Crippen LogP contribution >= 0.6 is 15.9 Å². The fraction of sp³-hybridized carbons (Fsp3) is 0.571. The molecule has 96 valence electrons. The van der Waals surface area contributed by atoms with Crippen LogP contribution in [0.15, 0.2) is 22.7 Å². The van der Waals surface area contributed by atoms with Gasteiger partial charge in [-0.3, -0.25) is 0 Å². The van der Waals surface area contributed by atoms with E-state index in [1.54, 1.807) is 0 Å². The van der Waals surface area contributed by atoms with E-state index in [-0.39, 0.29) is 0 Å². The SMILES string of the molecule is CCNCc1cc(OCCC(C)C)ccc1Br. The molecule has 3 heteroatoms. The topological polar surface area (TPSA) is 21.3 Å². The van der Waals surface area contributed by atoms with E-state index in [0.717, 1.165) is 36.3 Å². The summed E-state index contributed by atoms with van der Waals surface area (Å²) in [6.07, 6.45) is 1.10. The molecule has 0 heterocycles. The van der Waals surface area contributed by atoms with E-state index in [9.17, 15) is 0 Å². The summed E-state index contributed by atoms with van der Waals surface area (Å²) >= 11 is 3.56. The first kappa shape index (κ1) is 14.5. The number of ether oxygens (including phenoxy) is 1. The maximum Gasteiger partial charge on any atom is 0.119 e. The number of nitrogens with one attached hydrogen (secondary N) is 1. The third-order valence-electron chi connectivity index (χ3n) is 2.55. The number of hydrogen-bond acceptors (Lipinski definition) is 2. The quantitative estimate of drug-likeness (QED) is 0.822. The monoisotopic (exact) mass is 299 g/mol. The van der Waals surface area contributed by atoms with E-state index in [4.69, 9.17) is 4.74 Å². The maximum atomic E-state index is 5.74. The second-order valence-corrected chi connectivity index (χ2v) is 5.42. The number of hydrogen-bond donors (Lipinski definition) is 1. The van der Waals surface area contributed by atoms with Crippen LogP contribution in [0.4, 0.5) is 0 Å². The Morgan fingerprint density at radius 1 is 1.35 bits per heavy atom. The molecule has 1 rings (SSSR count). The van der Waals surface area contributed by atoms with Gasteiger partial charge in [0.1, 0.15) is 5.75 Å². The van der Waals surface area contributed by atoms with E-state index in [2.05, 4.69) is 54.2 Å². The largest absolute Gasteiger partial charge is 0.494 e. The molecule has 0 bridgehead atoms. The molecule has 0 fully saturated rings. The Bertz CT molecular complexity index is 339. The van der Waals surface area contributed by atoms with E-state index in [1.807, 2.05) is 6.07 Å². The van der Waals surface area contributed by atoms with Crippen molar-refractivity contribution in [2.75, 3.05) is 13.2 Å². The highest BCUT2D eigenvalue weighted by molar-refractivity contribution is 9.10. The molecule has 2 nitrogen and oxygen atoms in total. The van der Waals surface area contributed by atoms with Crippen LogP contribution in [-0.4, -0.2) is 13.2 Å². The van der Waals surface area contributed by atoms with Gasteiger partial charge in [-0.25, -0.2) is 0 Å². The molecule has 0 amide bonds. The van der Waals surface area contributed by atoms with Crippen LogP contribution in [0, 0.1) is 5.92 Å². The van der Waals surface area contributed by atoms with Gasteiger partial charge in [0.2, 0.25) is 0 Å². The molecule has 1 N–H and O–H groups in total. The van der Waals surface area contributed by atoms with Gasteiger partial charge < -0.3 is 10.1 Å². The molecule has 0 saturated heterocycles. The summed E-state index contributed by atoms with van der Waals surface area (Å²) in [6, 6.07) is 6.17. The summed E-state index contributed by atoms with van der Waals surface area (Å²) in [6.45, 7) is 9.17. The smallest absolute Gasteiger partial charge is 0.119 e. The van der Waals surface area contributed by atoms with Gasteiger partial charge in [0.25, 0.3) is 0 Å². The molecule has 0 radical (unpaired) electrons. The lowest BCUT2D eigenvalue weighted by Gasteiger charge is -2.11. The maximum absolute atomic E-state index is 5.74. The van der Waals surface area contributed by atoms with Crippen molar-refractivity contribution in [3.8, 4) is 5.75 Å². The zero-order valence-electron chi connectivity index (χ0n) is 10.9. The van der Waals surface area contributed by atoms with Crippen LogP contribution in [-0.2, 0) is 6.54 Å². The lowest BCUT2D eigenvalue weighted by atomic mass is 10.1. The molecule has 0 atom stereocenters. The molecule has 0 saturated carbocycles. The van der Waals surface area contributed by atoms with Crippen LogP contribution in [0.3, 0.4) is 0 Å². The molecule has 0 aliphatic rings. The van der Waals surface area contributed by atoms with Gasteiger partial charge in [-0.1, -0.05) is 36.7 Å². The van der Waals surface area contributed by atoms with Crippen LogP contribution in [0.2, 0.25) is 0 Å². The molecular weight excluding hydrogens is 278 g/mol. The summed E-state index contributed by atoms with van der Waals surface area (Å²) in [5.41, 5.74) is 1.24. The molecule has 0 spiro atoms. The minimum Gasteiger partial charge on any atom is -0.494 e. The molecule has 0 aromatic heterocycles. The zero-order valence-corrected chi connectivity index (χ0v) is 12.5. The van der Waals surface area contributed by atoms with Crippen molar-refractivity contribution in [1.82, 2.24) is 5.32 Å². The van der Waals surface area contributed by atoms with Gasteiger partial charge in [-0.05, 0) is 42.6 Å². The third kappa shape index (κ3) is 5.55. The molecular formula is C14H22BrNO. The van der Waals surface area contributed by atoms with Crippen molar-refractivity contribution >= 4 is 15.9 Å². The van der Waals surface area contributed by atoms with Gasteiger partial charge in [-0.2, -0.15) is 0 Å². The van der Waals surface area contributed by atoms with E-state index in [1.165, 1.54) is 5.56 Å². The Morgan fingerprint density at radius 2 is 2.12 bits per heavy atom. The highest BCUT2D eigenvalue weighted by Gasteiger charge is 2.02. The van der Waals surface area contributed by atoms with E-state index in [0.29, 0.717) is 5.92 Å². The first-order valence-electron chi connectivity index (χ1n) is 6.25. The van der Waals surface area contributed by atoms with Crippen molar-refractivity contribution in [1.29, 1.82) is 0 Å². The molecule has 0 aliphatic heterocycles. The Labute approximate surface area is 113 Å². The lowest BCUT2D eigenvalue weighted by Crippen LogP contribution is -2.12. The summed E-state index contributed by atoms with van der Waals surface area (Å²) in [7, 11) is 0. The number of benzene rings is 1. The average Bonchev–Trinajstić information content (AvgIpc) is 2.29. The molecule has 0 unspecified atom stereocenters. The lowest BCUT2D eigenvalue weighted by molar-refractivity contribution is 0.289. The fourth-order valence-corrected chi connectivity index (χ4v) is 1.84. The Balaban J connectivity index is 2.55. The molecule has 1 aromatic rings. The van der Waals surface area contributed by atoms with Gasteiger partial charge >= 0.3 is 0 Å². The fourth-order valence-electron chi connectivity index (χ4n) is 1.45. The molecule has 0 aliphatic carbocycles. The second kappa shape index (κ2) is 7.72.